The smallest absolute Gasteiger partial charge is 0.267 e. The predicted octanol–water partition coefficient (Wildman–Crippen LogP) is 5.43. The molecule has 2 aromatic heterocycles. The molecule has 0 fully saturated rings. The van der Waals surface area contributed by atoms with Gasteiger partial charge >= 0.3 is 0 Å². The number of nitrogens with zero attached hydrogens (tertiary/aromatic N) is 2. The first kappa shape index (κ1) is 20.2. The maximum absolute atomic E-state index is 13.2. The number of amides is 1. The number of aryl methyl sites for hydroxylation is 1. The maximum atomic E-state index is 13.2. The lowest BCUT2D eigenvalue weighted by Crippen LogP contribution is -2.13. The van der Waals surface area contributed by atoms with Crippen molar-refractivity contribution in [3.8, 4) is 22.8 Å². The van der Waals surface area contributed by atoms with Crippen LogP contribution in [0, 0.1) is 12.7 Å². The van der Waals surface area contributed by atoms with E-state index in [0.717, 1.165) is 11.3 Å². The third-order valence-corrected chi connectivity index (χ3v) is 6.08. The first-order chi connectivity index (χ1) is 14.4. The van der Waals surface area contributed by atoms with E-state index >= 15 is 0 Å². The molecule has 0 atom stereocenters. The van der Waals surface area contributed by atoms with E-state index < -0.39 is 0 Å². The topological polar surface area (TPSA) is 64.9 Å². The second-order valence-corrected chi connectivity index (χ2v) is 7.83. The Balaban J connectivity index is 1.65. The SMILES string of the molecule is COc1cc(NC(=O)c2sc3nc(-c4ccc(F)cc4)cn3c2C)c(OC)cc1Cl. The van der Waals surface area contributed by atoms with Gasteiger partial charge in [0.1, 0.15) is 22.2 Å². The molecular formula is C21H17ClFN3O3S. The predicted molar refractivity (Wildman–Crippen MR) is 116 cm³/mol. The molecule has 0 bridgehead atoms. The Morgan fingerprint density at radius 3 is 2.50 bits per heavy atom. The second-order valence-electron chi connectivity index (χ2n) is 6.44. The normalized spacial score (nSPS) is 11.0. The number of rotatable bonds is 5. The molecule has 30 heavy (non-hydrogen) atoms. The summed E-state index contributed by atoms with van der Waals surface area (Å²) in [5.74, 6) is 0.249. The molecule has 0 unspecified atom stereocenters. The number of carbonyl (C=O) groups is 1. The molecule has 0 aliphatic heterocycles. The van der Waals surface area contributed by atoms with Crippen LogP contribution in [0.1, 0.15) is 15.4 Å². The van der Waals surface area contributed by atoms with Crippen LogP contribution in [0.3, 0.4) is 0 Å². The number of aromatic nitrogens is 2. The van der Waals surface area contributed by atoms with Crippen molar-refractivity contribution in [1.82, 2.24) is 9.38 Å². The maximum Gasteiger partial charge on any atom is 0.267 e. The molecular weight excluding hydrogens is 429 g/mol. The molecule has 4 rings (SSSR count). The molecule has 0 spiro atoms. The molecule has 9 heteroatoms. The number of nitrogens with one attached hydrogen (secondary N) is 1. The van der Waals surface area contributed by atoms with E-state index in [4.69, 9.17) is 21.1 Å². The highest BCUT2D eigenvalue weighted by molar-refractivity contribution is 7.19. The first-order valence-corrected chi connectivity index (χ1v) is 10.1. The quantitative estimate of drug-likeness (QED) is 0.444. The zero-order chi connectivity index (χ0) is 21.4. The Morgan fingerprint density at radius 2 is 1.87 bits per heavy atom. The molecule has 1 amide bonds. The molecule has 2 aromatic carbocycles. The minimum atomic E-state index is -0.302. The van der Waals surface area contributed by atoms with Gasteiger partial charge in [0.25, 0.3) is 5.91 Å². The first-order valence-electron chi connectivity index (χ1n) is 8.88. The number of hydrogen-bond acceptors (Lipinski definition) is 5. The van der Waals surface area contributed by atoms with Gasteiger partial charge in [0.05, 0.1) is 30.6 Å². The van der Waals surface area contributed by atoms with Crippen molar-refractivity contribution in [2.45, 2.75) is 6.92 Å². The Morgan fingerprint density at radius 1 is 1.17 bits per heavy atom. The molecule has 0 saturated heterocycles. The molecule has 0 saturated carbocycles. The minimum absolute atomic E-state index is 0.297. The van der Waals surface area contributed by atoms with Gasteiger partial charge in [-0.1, -0.05) is 22.9 Å². The van der Waals surface area contributed by atoms with Gasteiger partial charge < -0.3 is 14.8 Å². The summed E-state index contributed by atoms with van der Waals surface area (Å²) in [6.07, 6.45) is 1.83. The van der Waals surface area contributed by atoms with Crippen LogP contribution in [-0.2, 0) is 0 Å². The number of halogens is 2. The Hall–Kier alpha value is -3.10. The lowest BCUT2D eigenvalue weighted by molar-refractivity contribution is 0.102. The molecule has 4 aromatic rings. The van der Waals surface area contributed by atoms with Crippen molar-refractivity contribution in [2.75, 3.05) is 19.5 Å². The Bertz CT molecular complexity index is 1250. The third-order valence-electron chi connectivity index (χ3n) is 4.63. The summed E-state index contributed by atoms with van der Waals surface area (Å²) in [7, 11) is 2.99. The molecule has 0 aliphatic rings. The van der Waals surface area contributed by atoms with Crippen molar-refractivity contribution >= 4 is 39.5 Å². The van der Waals surface area contributed by atoms with Crippen LogP contribution in [-0.4, -0.2) is 29.5 Å². The fourth-order valence-electron chi connectivity index (χ4n) is 3.06. The zero-order valence-corrected chi connectivity index (χ0v) is 17.9. The fraction of sp³-hybridized carbons (Fsp3) is 0.143. The van der Waals surface area contributed by atoms with E-state index in [-0.39, 0.29) is 11.7 Å². The lowest BCUT2D eigenvalue weighted by atomic mass is 10.2. The average molecular weight is 446 g/mol. The molecule has 0 aliphatic carbocycles. The second kappa shape index (κ2) is 7.97. The molecule has 154 valence electrons. The van der Waals surface area contributed by atoms with Crippen molar-refractivity contribution in [1.29, 1.82) is 0 Å². The molecule has 2 heterocycles. The fourth-order valence-corrected chi connectivity index (χ4v) is 4.29. The molecule has 0 radical (unpaired) electrons. The number of thiazole rings is 1. The van der Waals surface area contributed by atoms with E-state index in [1.165, 1.54) is 37.7 Å². The van der Waals surface area contributed by atoms with Crippen LogP contribution in [0.25, 0.3) is 16.2 Å². The lowest BCUT2D eigenvalue weighted by Gasteiger charge is -2.13. The number of methoxy groups -OCH3 is 2. The van der Waals surface area contributed by atoms with Gasteiger partial charge in [-0.2, -0.15) is 0 Å². The number of ether oxygens (including phenoxy) is 2. The summed E-state index contributed by atoms with van der Waals surface area (Å²) in [5, 5.41) is 3.23. The van der Waals surface area contributed by atoms with Crippen LogP contribution in [0.2, 0.25) is 5.02 Å². The minimum Gasteiger partial charge on any atom is -0.495 e. The number of carbonyl (C=O) groups excluding carboxylic acids is 1. The average Bonchev–Trinajstić information content (AvgIpc) is 3.29. The number of imidazole rings is 1. The van der Waals surface area contributed by atoms with Crippen molar-refractivity contribution in [3.05, 3.63) is 64.0 Å². The third kappa shape index (κ3) is 3.59. The van der Waals surface area contributed by atoms with Crippen molar-refractivity contribution < 1.29 is 18.7 Å². The van der Waals surface area contributed by atoms with E-state index in [1.54, 1.807) is 24.3 Å². The number of fused-ring (bicyclic) bond motifs is 1. The van der Waals surface area contributed by atoms with Crippen LogP contribution < -0.4 is 14.8 Å². The summed E-state index contributed by atoms with van der Waals surface area (Å²) >= 11 is 7.39. The van der Waals surface area contributed by atoms with Gasteiger partial charge in [0, 0.05) is 29.6 Å². The highest BCUT2D eigenvalue weighted by Crippen LogP contribution is 2.36. The van der Waals surface area contributed by atoms with E-state index in [1.807, 2.05) is 17.5 Å². The van der Waals surface area contributed by atoms with Crippen molar-refractivity contribution in [3.63, 3.8) is 0 Å². The van der Waals surface area contributed by atoms with Crippen LogP contribution in [0.4, 0.5) is 10.1 Å². The largest absolute Gasteiger partial charge is 0.495 e. The standard InChI is InChI=1S/C21H17ClFN3O3S/c1-11-19(20(27)24-15-9-17(28-2)14(22)8-18(15)29-3)30-21-25-16(10-26(11)21)12-4-6-13(23)7-5-12/h4-10H,1-3H3,(H,24,27). The summed E-state index contributed by atoms with van der Waals surface area (Å²) in [6, 6.07) is 9.32. The number of anilines is 1. The number of benzene rings is 2. The van der Waals surface area contributed by atoms with Gasteiger partial charge in [0.2, 0.25) is 0 Å². The van der Waals surface area contributed by atoms with Gasteiger partial charge in [-0.25, -0.2) is 9.37 Å². The summed E-state index contributed by atoms with van der Waals surface area (Å²) < 4.78 is 25.5. The van der Waals surface area contributed by atoms with E-state index in [9.17, 15) is 9.18 Å². The molecule has 6 nitrogen and oxygen atoms in total. The summed E-state index contributed by atoms with van der Waals surface area (Å²) in [6.45, 7) is 1.84. The monoisotopic (exact) mass is 445 g/mol. The van der Waals surface area contributed by atoms with E-state index in [2.05, 4.69) is 10.3 Å². The van der Waals surface area contributed by atoms with E-state index in [0.29, 0.717) is 37.7 Å². The highest BCUT2D eigenvalue weighted by Gasteiger charge is 2.20. The van der Waals surface area contributed by atoms with Gasteiger partial charge in [-0.05, 0) is 31.2 Å². The Labute approximate surface area is 180 Å². The van der Waals surface area contributed by atoms with Gasteiger partial charge in [0.15, 0.2) is 4.96 Å². The Kier molecular flexibility index (Phi) is 5.36. The van der Waals surface area contributed by atoms with Gasteiger partial charge in [-0.3, -0.25) is 9.20 Å². The summed E-state index contributed by atoms with van der Waals surface area (Å²) in [5.41, 5.74) is 2.70. The molecule has 1 N–H and O–H groups in total. The van der Waals surface area contributed by atoms with Crippen LogP contribution >= 0.6 is 22.9 Å². The van der Waals surface area contributed by atoms with Crippen LogP contribution in [0.5, 0.6) is 11.5 Å². The van der Waals surface area contributed by atoms with Gasteiger partial charge in [-0.15, -0.1) is 0 Å². The highest BCUT2D eigenvalue weighted by atomic mass is 35.5. The zero-order valence-electron chi connectivity index (χ0n) is 16.3. The van der Waals surface area contributed by atoms with Crippen LogP contribution in [0.15, 0.2) is 42.6 Å². The van der Waals surface area contributed by atoms with Crippen molar-refractivity contribution in [2.24, 2.45) is 0 Å². The number of hydrogen-bond donors (Lipinski definition) is 1. The summed E-state index contributed by atoms with van der Waals surface area (Å²) in [4.78, 5) is 18.7.